The second-order valence-corrected chi connectivity index (χ2v) is 4.56. The van der Waals surface area contributed by atoms with E-state index in [0.29, 0.717) is 45.5 Å². The molecule has 1 rings (SSSR count). The van der Waals surface area contributed by atoms with Crippen LogP contribution >= 0.6 is 11.6 Å². The van der Waals surface area contributed by atoms with Crippen LogP contribution in [0.2, 0.25) is 0 Å². The van der Waals surface area contributed by atoms with Gasteiger partial charge in [-0.1, -0.05) is 18.6 Å². The Hall–Kier alpha value is -0.690. The number of aromatic nitrogens is 3. The van der Waals surface area contributed by atoms with E-state index in [4.69, 9.17) is 25.8 Å². The quantitative estimate of drug-likeness (QED) is 0.411. The first-order valence-corrected chi connectivity index (χ1v) is 7.58. The Morgan fingerprint density at radius 2 is 1.70 bits per heavy atom. The minimum Gasteiger partial charge on any atom is -0.379 e. The van der Waals surface area contributed by atoms with Gasteiger partial charge >= 0.3 is 0 Å². The van der Waals surface area contributed by atoms with Gasteiger partial charge in [-0.15, -0.1) is 16.7 Å². The monoisotopic (exact) mass is 305 g/mol. The van der Waals surface area contributed by atoms with E-state index in [2.05, 4.69) is 17.2 Å². The topological polar surface area (TPSA) is 58.4 Å². The molecule has 20 heavy (non-hydrogen) atoms. The van der Waals surface area contributed by atoms with Crippen molar-refractivity contribution in [2.24, 2.45) is 0 Å². The van der Waals surface area contributed by atoms with E-state index in [1.165, 1.54) is 0 Å². The van der Waals surface area contributed by atoms with E-state index in [-0.39, 0.29) is 0 Å². The van der Waals surface area contributed by atoms with Crippen LogP contribution in [0.25, 0.3) is 0 Å². The lowest BCUT2D eigenvalue weighted by atomic mass is 10.4. The third-order valence-electron chi connectivity index (χ3n) is 2.57. The first kappa shape index (κ1) is 17.4. The molecule has 0 saturated carbocycles. The number of halogens is 1. The van der Waals surface area contributed by atoms with Crippen molar-refractivity contribution in [2.45, 2.75) is 32.2 Å². The molecule has 0 aromatic carbocycles. The number of alkyl halides is 1. The number of nitrogens with zero attached hydrogens (tertiary/aromatic N) is 3. The van der Waals surface area contributed by atoms with E-state index in [0.717, 1.165) is 25.1 Å². The summed E-state index contributed by atoms with van der Waals surface area (Å²) >= 11 is 5.64. The second-order valence-electron chi connectivity index (χ2n) is 4.30. The lowest BCUT2D eigenvalue weighted by Gasteiger charge is -2.06. The highest BCUT2D eigenvalue weighted by Gasteiger charge is 1.98. The van der Waals surface area contributed by atoms with Gasteiger partial charge in [-0.2, -0.15) is 0 Å². The van der Waals surface area contributed by atoms with E-state index in [1.807, 2.05) is 6.20 Å². The molecule has 0 N–H and O–H groups in total. The van der Waals surface area contributed by atoms with Gasteiger partial charge in [-0.05, 0) is 6.42 Å². The molecule has 116 valence electrons. The fourth-order valence-corrected chi connectivity index (χ4v) is 1.58. The van der Waals surface area contributed by atoms with Gasteiger partial charge in [0.25, 0.3) is 0 Å². The molecule has 1 aromatic heterocycles. The molecule has 1 aromatic rings. The van der Waals surface area contributed by atoms with Crippen molar-refractivity contribution in [3.8, 4) is 0 Å². The lowest BCUT2D eigenvalue weighted by molar-refractivity contribution is 0.0123. The van der Waals surface area contributed by atoms with Crippen LogP contribution < -0.4 is 0 Å². The fourth-order valence-electron chi connectivity index (χ4n) is 1.46. The number of hydrogen-bond acceptors (Lipinski definition) is 5. The maximum atomic E-state index is 5.64. The molecular formula is C13H24ClN3O3. The summed E-state index contributed by atoms with van der Waals surface area (Å²) in [6, 6.07) is 0. The third-order valence-corrected chi connectivity index (χ3v) is 2.85. The van der Waals surface area contributed by atoms with E-state index in [1.54, 1.807) is 4.68 Å². The van der Waals surface area contributed by atoms with Crippen LogP contribution in [-0.2, 0) is 26.6 Å². The summed E-state index contributed by atoms with van der Waals surface area (Å²) in [6.45, 7) is 6.65. The van der Waals surface area contributed by atoms with E-state index in [9.17, 15) is 0 Å². The van der Waals surface area contributed by atoms with Gasteiger partial charge < -0.3 is 14.2 Å². The molecular weight excluding hydrogens is 282 g/mol. The Kier molecular flexibility index (Phi) is 10.5. The molecule has 1 heterocycles. The first-order valence-electron chi connectivity index (χ1n) is 7.05. The highest BCUT2D eigenvalue weighted by Crippen LogP contribution is 1.97. The van der Waals surface area contributed by atoms with Crippen molar-refractivity contribution in [2.75, 3.05) is 39.6 Å². The first-order chi connectivity index (χ1) is 9.86. The third kappa shape index (κ3) is 8.47. The lowest BCUT2D eigenvalue weighted by Crippen LogP contribution is -2.12. The van der Waals surface area contributed by atoms with Gasteiger partial charge in [0, 0.05) is 12.8 Å². The molecule has 0 aliphatic rings. The zero-order valence-electron chi connectivity index (χ0n) is 12.1. The van der Waals surface area contributed by atoms with Crippen molar-refractivity contribution in [1.82, 2.24) is 15.0 Å². The maximum Gasteiger partial charge on any atom is 0.0974 e. The van der Waals surface area contributed by atoms with Gasteiger partial charge in [0.15, 0.2) is 0 Å². The summed E-state index contributed by atoms with van der Waals surface area (Å²) in [5.41, 5.74) is 0.776. The van der Waals surface area contributed by atoms with Crippen LogP contribution in [0.5, 0.6) is 0 Å². The Balaban J connectivity index is 1.83. The van der Waals surface area contributed by atoms with Crippen LogP contribution in [0, 0.1) is 0 Å². The molecule has 0 spiro atoms. The molecule has 0 bridgehead atoms. The summed E-state index contributed by atoms with van der Waals surface area (Å²) < 4.78 is 17.9. The zero-order chi connectivity index (χ0) is 14.5. The fraction of sp³-hybridized carbons (Fsp3) is 0.846. The van der Waals surface area contributed by atoms with Crippen LogP contribution in [0.15, 0.2) is 6.20 Å². The van der Waals surface area contributed by atoms with E-state index >= 15 is 0 Å². The predicted octanol–water partition coefficient (Wildman–Crippen LogP) is 1.87. The summed E-state index contributed by atoms with van der Waals surface area (Å²) in [7, 11) is 0. The van der Waals surface area contributed by atoms with Crippen molar-refractivity contribution in [3.05, 3.63) is 11.9 Å². The van der Waals surface area contributed by atoms with Crippen molar-refractivity contribution in [3.63, 3.8) is 0 Å². The average Bonchev–Trinajstić information content (AvgIpc) is 2.93. The van der Waals surface area contributed by atoms with Gasteiger partial charge in [0.05, 0.1) is 51.2 Å². The Morgan fingerprint density at radius 3 is 2.30 bits per heavy atom. The van der Waals surface area contributed by atoms with E-state index < -0.39 is 0 Å². The molecule has 0 atom stereocenters. The van der Waals surface area contributed by atoms with Crippen LogP contribution in [-0.4, -0.2) is 54.6 Å². The van der Waals surface area contributed by atoms with Crippen molar-refractivity contribution < 1.29 is 14.2 Å². The molecule has 0 radical (unpaired) electrons. The van der Waals surface area contributed by atoms with Crippen LogP contribution in [0.3, 0.4) is 0 Å². The Morgan fingerprint density at radius 1 is 1.05 bits per heavy atom. The van der Waals surface area contributed by atoms with Crippen molar-refractivity contribution in [1.29, 1.82) is 0 Å². The summed E-state index contributed by atoms with van der Waals surface area (Å²) in [6.07, 6.45) is 4.09. The minimum atomic E-state index is 0.384. The second kappa shape index (κ2) is 12.1. The minimum absolute atomic E-state index is 0.384. The molecule has 7 heteroatoms. The highest BCUT2D eigenvalue weighted by molar-refractivity contribution is 6.16. The van der Waals surface area contributed by atoms with Gasteiger partial charge in [-0.3, -0.25) is 0 Å². The molecule has 0 aliphatic carbocycles. The maximum absolute atomic E-state index is 5.64. The molecule has 0 fully saturated rings. The number of hydrogen-bond donors (Lipinski definition) is 0. The largest absolute Gasteiger partial charge is 0.379 e. The van der Waals surface area contributed by atoms with Crippen LogP contribution in [0.4, 0.5) is 0 Å². The standard InChI is InChI=1S/C13H24ClN3O3/c1-2-3-5-18-7-9-20-10-8-19-6-4-17-12-13(11-14)15-16-17/h12H,2-11H2,1H3. The SMILES string of the molecule is CCCCOCCOCCOCCn1cc(CCl)nn1. The molecule has 6 nitrogen and oxygen atoms in total. The molecule has 0 unspecified atom stereocenters. The number of unbranched alkanes of at least 4 members (excludes halogenated alkanes) is 1. The summed E-state index contributed by atoms with van der Waals surface area (Å²) in [5, 5.41) is 7.82. The Bertz CT molecular complexity index is 336. The smallest absolute Gasteiger partial charge is 0.0974 e. The highest BCUT2D eigenvalue weighted by atomic mass is 35.5. The Labute approximate surface area is 125 Å². The van der Waals surface area contributed by atoms with Gasteiger partial charge in [0.1, 0.15) is 0 Å². The number of ether oxygens (including phenoxy) is 3. The molecule has 0 amide bonds. The molecule has 0 aliphatic heterocycles. The number of rotatable bonds is 13. The predicted molar refractivity (Wildman–Crippen MR) is 76.9 cm³/mol. The zero-order valence-corrected chi connectivity index (χ0v) is 12.8. The average molecular weight is 306 g/mol. The van der Waals surface area contributed by atoms with Crippen LogP contribution in [0.1, 0.15) is 25.5 Å². The van der Waals surface area contributed by atoms with Crippen molar-refractivity contribution >= 4 is 11.6 Å². The summed E-state index contributed by atoms with van der Waals surface area (Å²) in [4.78, 5) is 0. The van der Waals surface area contributed by atoms with Gasteiger partial charge in [0.2, 0.25) is 0 Å². The molecule has 0 saturated heterocycles. The normalized spacial score (nSPS) is 11.1. The van der Waals surface area contributed by atoms with Gasteiger partial charge in [-0.25, -0.2) is 4.68 Å². The summed E-state index contributed by atoms with van der Waals surface area (Å²) in [5.74, 6) is 0.384.